The Morgan fingerprint density at radius 1 is 0.438 bits per heavy atom. The number of benzene rings is 10. The Kier molecular flexibility index (Phi) is 7.44. The first-order valence-electron chi connectivity index (χ1n) is 23.7. The highest BCUT2D eigenvalue weighted by atomic mass is 32.1. The van der Waals surface area contributed by atoms with Gasteiger partial charge in [0.15, 0.2) is 0 Å². The summed E-state index contributed by atoms with van der Waals surface area (Å²) >= 11 is 1.33. The summed E-state index contributed by atoms with van der Waals surface area (Å²) in [4.78, 5) is 2.23. The highest BCUT2D eigenvalue weighted by Gasteiger charge is 2.46. The molecular weight excluding hydrogens is 793 g/mol. The Bertz CT molecular complexity index is 3920. The van der Waals surface area contributed by atoms with Gasteiger partial charge in [0.2, 0.25) is 0 Å². The predicted molar refractivity (Wildman–Crippen MR) is 271 cm³/mol. The van der Waals surface area contributed by atoms with Crippen LogP contribution >= 0.6 is 11.3 Å². The van der Waals surface area contributed by atoms with Gasteiger partial charge in [0.05, 0.1) is 27.6 Å². The van der Waals surface area contributed by atoms with E-state index in [1.807, 2.05) is 12.1 Å². The van der Waals surface area contributed by atoms with Crippen LogP contribution < -0.4 is 4.90 Å². The fourth-order valence-corrected chi connectivity index (χ4v) is 11.5. The molecule has 1 aliphatic rings. The molecule has 0 spiro atoms. The van der Waals surface area contributed by atoms with Crippen molar-refractivity contribution in [3.05, 3.63) is 265 Å². The first-order valence-corrected chi connectivity index (χ1v) is 22.5. The number of anilines is 3. The molecule has 2 nitrogen and oxygen atoms in total. The Balaban J connectivity index is 1.05. The van der Waals surface area contributed by atoms with Crippen molar-refractivity contribution in [1.29, 1.82) is 0 Å². The van der Waals surface area contributed by atoms with Crippen LogP contribution in [0.2, 0.25) is 0 Å². The summed E-state index contributed by atoms with van der Waals surface area (Å²) in [5, 5.41) is 4.00. The molecule has 300 valence electrons. The molecule has 64 heavy (non-hydrogen) atoms. The van der Waals surface area contributed by atoms with Gasteiger partial charge in [-0.2, -0.15) is 0 Å². The Morgan fingerprint density at radius 3 is 1.86 bits per heavy atom. The second-order valence-electron chi connectivity index (χ2n) is 16.5. The van der Waals surface area contributed by atoms with Gasteiger partial charge in [-0.15, -0.1) is 11.3 Å². The lowest BCUT2D eigenvalue weighted by Gasteiger charge is -2.35. The van der Waals surface area contributed by atoms with Gasteiger partial charge in [0.1, 0.15) is 0 Å². The molecule has 0 amide bonds. The minimum Gasteiger partial charge on any atom is -0.310 e. The van der Waals surface area contributed by atoms with Crippen molar-refractivity contribution in [1.82, 2.24) is 4.57 Å². The number of nitrogens with zero attached hydrogens (tertiary/aromatic N) is 2. The number of para-hydroxylation sites is 2. The van der Waals surface area contributed by atoms with E-state index in [2.05, 4.69) is 210 Å². The van der Waals surface area contributed by atoms with Gasteiger partial charge in [0.25, 0.3) is 0 Å². The maximum Gasteiger partial charge on any atom is 0.0714 e. The van der Waals surface area contributed by atoms with Crippen molar-refractivity contribution in [2.24, 2.45) is 0 Å². The van der Waals surface area contributed by atoms with E-state index in [9.17, 15) is 2.74 Å². The van der Waals surface area contributed by atoms with Crippen molar-refractivity contribution in [2.45, 2.75) is 5.41 Å². The lowest BCUT2D eigenvalue weighted by molar-refractivity contribution is 0.768. The van der Waals surface area contributed by atoms with Crippen LogP contribution in [0.1, 0.15) is 27.7 Å². The van der Waals surface area contributed by atoms with Crippen molar-refractivity contribution >= 4 is 70.4 Å². The van der Waals surface area contributed by atoms with Crippen molar-refractivity contribution in [2.75, 3.05) is 4.90 Å². The molecule has 1 aliphatic carbocycles. The van der Waals surface area contributed by atoms with Crippen LogP contribution in [0.5, 0.6) is 0 Å². The van der Waals surface area contributed by atoms with E-state index in [0.717, 1.165) is 66.8 Å². The molecule has 0 saturated heterocycles. The minimum absolute atomic E-state index is 0.0943. The monoisotopic (exact) mass is 836 g/mol. The third kappa shape index (κ3) is 5.44. The van der Waals surface area contributed by atoms with Gasteiger partial charge in [-0.25, -0.2) is 0 Å². The molecule has 12 aromatic rings. The zero-order valence-corrected chi connectivity index (χ0v) is 35.4. The largest absolute Gasteiger partial charge is 0.310 e. The fraction of sp³-hybridized carbons (Fsp3) is 0.0164. The average Bonchev–Trinajstić information content (AvgIpc) is 4.05. The van der Waals surface area contributed by atoms with E-state index in [1.54, 1.807) is 6.07 Å². The van der Waals surface area contributed by atoms with Gasteiger partial charge in [-0.3, -0.25) is 0 Å². The SMILES string of the molecule is [2H]c1ccc2c(sc3c([2H])c([2H])cc(N(c4ccc(-c5ccc6c7ccccc7n(-c7ccccc7)c6c5)cc4)c4ccc5c(c4)C(c4ccccc4)(c4ccccc4)c4ccccc4-5)c32)c1[2H]. The van der Waals surface area contributed by atoms with E-state index in [1.165, 1.54) is 44.4 Å². The molecule has 2 heterocycles. The van der Waals surface area contributed by atoms with Gasteiger partial charge in [-0.05, 0) is 111 Å². The summed E-state index contributed by atoms with van der Waals surface area (Å²) in [6.45, 7) is 0. The summed E-state index contributed by atoms with van der Waals surface area (Å²) in [5.74, 6) is 0. The third-order valence-corrected chi connectivity index (χ3v) is 14.2. The number of rotatable bonds is 7. The third-order valence-electron chi connectivity index (χ3n) is 13.2. The number of fused-ring (bicyclic) bond motifs is 9. The maximum absolute atomic E-state index is 9.27. The van der Waals surface area contributed by atoms with Gasteiger partial charge in [-0.1, -0.05) is 176 Å². The molecule has 0 unspecified atom stereocenters. The summed E-state index contributed by atoms with van der Waals surface area (Å²) in [6.07, 6.45) is 0. The summed E-state index contributed by atoms with van der Waals surface area (Å²) < 4.78 is 39.6. The lowest BCUT2D eigenvalue weighted by Crippen LogP contribution is -2.28. The van der Waals surface area contributed by atoms with E-state index in [4.69, 9.17) is 2.74 Å². The molecule has 0 radical (unpaired) electrons. The number of hydrogen-bond acceptors (Lipinski definition) is 2. The van der Waals surface area contributed by atoms with Crippen LogP contribution in [0.15, 0.2) is 243 Å². The molecule has 0 bridgehead atoms. The van der Waals surface area contributed by atoms with Crippen molar-refractivity contribution in [3.8, 4) is 27.9 Å². The number of hydrogen-bond donors (Lipinski definition) is 0. The van der Waals surface area contributed by atoms with Crippen molar-refractivity contribution in [3.63, 3.8) is 0 Å². The maximum atomic E-state index is 9.27. The standard InChI is InChI=1S/C61H40N2S/c1-4-17-43(18-5-1)61(44-19-6-2-7-20-44)53-26-13-10-23-48(53)49-38-36-47(40-54(49)61)62(56-28-16-30-59-60(56)52-25-12-15-29-58(52)64-59)46-34-31-41(32-35-46)42-33-37-51-50-24-11-14-27-55(50)63(57(51)39-42)45-21-8-3-9-22-45/h1-40H/i15D,16D,29D,30D. The Hall–Kier alpha value is -7.98. The van der Waals surface area contributed by atoms with Gasteiger partial charge >= 0.3 is 0 Å². The second-order valence-corrected chi connectivity index (χ2v) is 17.5. The molecule has 0 N–H and O–H groups in total. The molecule has 3 heteroatoms. The lowest BCUT2D eigenvalue weighted by atomic mass is 9.67. The number of aromatic nitrogens is 1. The van der Waals surface area contributed by atoms with E-state index < -0.39 is 5.41 Å². The zero-order valence-electron chi connectivity index (χ0n) is 38.6. The Labute approximate surface area is 381 Å². The van der Waals surface area contributed by atoms with E-state index in [-0.39, 0.29) is 24.2 Å². The van der Waals surface area contributed by atoms with E-state index in [0.29, 0.717) is 9.40 Å². The normalized spacial score (nSPS) is 13.7. The van der Waals surface area contributed by atoms with Crippen LogP contribution in [0.25, 0.3) is 69.9 Å². The summed E-state index contributed by atoms with van der Waals surface area (Å²) in [5.41, 5.74) is 14.5. The second kappa shape index (κ2) is 14.6. The smallest absolute Gasteiger partial charge is 0.0714 e. The van der Waals surface area contributed by atoms with Crippen molar-refractivity contribution < 1.29 is 5.48 Å². The van der Waals surface area contributed by atoms with Crippen LogP contribution in [-0.2, 0) is 5.41 Å². The molecule has 0 aliphatic heterocycles. The molecular formula is C61H40N2S. The van der Waals surface area contributed by atoms with Crippen LogP contribution in [0, 0.1) is 0 Å². The highest BCUT2D eigenvalue weighted by Crippen LogP contribution is 2.57. The number of thiophene rings is 1. The highest BCUT2D eigenvalue weighted by molar-refractivity contribution is 7.26. The fourth-order valence-electron chi connectivity index (χ4n) is 10.5. The molecule has 0 atom stereocenters. The Morgan fingerprint density at radius 2 is 1.06 bits per heavy atom. The predicted octanol–water partition coefficient (Wildman–Crippen LogP) is 16.7. The quantitative estimate of drug-likeness (QED) is 0.155. The molecule has 0 saturated carbocycles. The summed E-state index contributed by atoms with van der Waals surface area (Å²) in [7, 11) is 0. The zero-order chi connectivity index (χ0) is 45.7. The topological polar surface area (TPSA) is 8.17 Å². The average molecular weight is 837 g/mol. The minimum atomic E-state index is -0.637. The summed E-state index contributed by atoms with van der Waals surface area (Å²) in [6, 6.07) is 77.5. The molecule has 2 aromatic heterocycles. The van der Waals surface area contributed by atoms with Gasteiger partial charge in [0, 0.05) is 48.0 Å². The first kappa shape index (κ1) is 32.7. The van der Waals surface area contributed by atoms with Crippen LogP contribution in [-0.4, -0.2) is 4.57 Å². The molecule has 0 fully saturated rings. The van der Waals surface area contributed by atoms with Crippen LogP contribution in [0.4, 0.5) is 17.1 Å². The molecule has 10 aromatic carbocycles. The van der Waals surface area contributed by atoms with Gasteiger partial charge < -0.3 is 9.47 Å². The van der Waals surface area contributed by atoms with E-state index >= 15 is 0 Å². The first-order chi connectivity index (χ1) is 33.4. The molecule has 13 rings (SSSR count). The van der Waals surface area contributed by atoms with Crippen LogP contribution in [0.3, 0.4) is 0 Å².